The number of amides is 2. The van der Waals surface area contributed by atoms with Crippen LogP contribution in [0.1, 0.15) is 55.4 Å². The van der Waals surface area contributed by atoms with Crippen molar-refractivity contribution >= 4 is 28.8 Å². The van der Waals surface area contributed by atoms with Gasteiger partial charge in [-0.3, -0.25) is 24.5 Å². The number of aliphatic imine (C=N–C) groups is 1. The minimum Gasteiger partial charge on any atom is -0.475 e. The molecule has 2 fully saturated rings. The van der Waals surface area contributed by atoms with Gasteiger partial charge in [0.15, 0.2) is 5.82 Å². The number of pyridine rings is 2. The summed E-state index contributed by atoms with van der Waals surface area (Å²) < 4.78 is 5.71. The van der Waals surface area contributed by atoms with Gasteiger partial charge >= 0.3 is 0 Å². The van der Waals surface area contributed by atoms with Gasteiger partial charge in [-0.05, 0) is 86.7 Å². The molecule has 7 heterocycles. The number of benzene rings is 1. The quantitative estimate of drug-likeness (QED) is 0.263. The van der Waals surface area contributed by atoms with Crippen LogP contribution in [0, 0.1) is 5.41 Å². The predicted octanol–water partition coefficient (Wildman–Crippen LogP) is 4.82. The fourth-order valence-electron chi connectivity index (χ4n) is 7.55. The lowest BCUT2D eigenvalue weighted by molar-refractivity contribution is -0.132. The fraction of sp³-hybridized carbons (Fsp3) is 0.359. The van der Waals surface area contributed by atoms with Gasteiger partial charge < -0.3 is 14.5 Å². The Labute approximate surface area is 291 Å². The summed E-state index contributed by atoms with van der Waals surface area (Å²) in [5.74, 6) is 1.46. The highest BCUT2D eigenvalue weighted by Crippen LogP contribution is 2.43. The molecule has 4 aliphatic heterocycles. The molecular weight excluding hydrogens is 628 g/mol. The van der Waals surface area contributed by atoms with Gasteiger partial charge in [-0.25, -0.2) is 15.0 Å². The Hall–Kier alpha value is -5.29. The molecule has 8 rings (SSSR count). The molecule has 50 heavy (non-hydrogen) atoms. The fourth-order valence-corrected chi connectivity index (χ4v) is 7.55. The number of rotatable bonds is 8. The number of fused-ring (bicyclic) bond motifs is 1. The van der Waals surface area contributed by atoms with Gasteiger partial charge in [-0.15, -0.1) is 0 Å². The summed E-state index contributed by atoms with van der Waals surface area (Å²) in [5.41, 5.74) is 7.44. The molecule has 0 saturated carbocycles. The monoisotopic (exact) mass is 668 g/mol. The molecule has 1 aromatic carbocycles. The average molecular weight is 669 g/mol. The number of hydrogen-bond donors (Lipinski definition) is 0. The van der Waals surface area contributed by atoms with E-state index < -0.39 is 5.41 Å². The normalized spacial score (nSPS) is 20.4. The molecule has 0 unspecified atom stereocenters. The zero-order valence-corrected chi connectivity index (χ0v) is 28.5. The zero-order valence-electron chi connectivity index (χ0n) is 28.5. The van der Waals surface area contributed by atoms with Gasteiger partial charge in [-0.1, -0.05) is 18.2 Å². The molecule has 11 heteroatoms. The van der Waals surface area contributed by atoms with Gasteiger partial charge in [0.25, 0.3) is 0 Å². The van der Waals surface area contributed by atoms with Crippen LogP contribution < -0.4 is 9.64 Å². The van der Waals surface area contributed by atoms with E-state index in [1.54, 1.807) is 24.7 Å². The van der Waals surface area contributed by atoms with E-state index in [-0.39, 0.29) is 17.9 Å². The van der Waals surface area contributed by atoms with E-state index in [0.29, 0.717) is 51.0 Å². The van der Waals surface area contributed by atoms with E-state index in [1.807, 2.05) is 60.2 Å². The minimum atomic E-state index is -0.453. The highest BCUT2D eigenvalue weighted by molar-refractivity contribution is 6.16. The summed E-state index contributed by atoms with van der Waals surface area (Å²) in [5, 5.41) is 0. The molecular formula is C39H40N8O3. The summed E-state index contributed by atoms with van der Waals surface area (Å²) in [4.78, 5) is 55.9. The molecule has 4 aliphatic rings. The van der Waals surface area contributed by atoms with Crippen LogP contribution in [-0.4, -0.2) is 92.6 Å². The largest absolute Gasteiger partial charge is 0.475 e. The van der Waals surface area contributed by atoms with Crippen LogP contribution >= 0.6 is 0 Å². The second-order valence-corrected chi connectivity index (χ2v) is 13.8. The number of likely N-dealkylation sites (tertiary alicyclic amines) is 1. The van der Waals surface area contributed by atoms with Crippen LogP contribution in [0.2, 0.25) is 0 Å². The summed E-state index contributed by atoms with van der Waals surface area (Å²) in [6, 6.07) is 15.9. The van der Waals surface area contributed by atoms with Gasteiger partial charge in [0.05, 0.1) is 30.3 Å². The minimum absolute atomic E-state index is 0.0560. The Morgan fingerprint density at radius 3 is 2.50 bits per heavy atom. The van der Waals surface area contributed by atoms with Crippen molar-refractivity contribution in [3.8, 4) is 17.4 Å². The Morgan fingerprint density at radius 2 is 1.76 bits per heavy atom. The van der Waals surface area contributed by atoms with Crippen LogP contribution in [0.5, 0.6) is 5.88 Å². The summed E-state index contributed by atoms with van der Waals surface area (Å²) in [7, 11) is 0. The van der Waals surface area contributed by atoms with Gasteiger partial charge in [0, 0.05) is 73.8 Å². The molecule has 0 N–H and O–H groups in total. The molecule has 2 saturated heterocycles. The Kier molecular flexibility index (Phi) is 8.44. The van der Waals surface area contributed by atoms with Crippen molar-refractivity contribution in [1.82, 2.24) is 29.7 Å². The van der Waals surface area contributed by atoms with E-state index in [2.05, 4.69) is 43.0 Å². The highest BCUT2D eigenvalue weighted by Gasteiger charge is 2.51. The van der Waals surface area contributed by atoms with Crippen LogP contribution in [0.3, 0.4) is 0 Å². The van der Waals surface area contributed by atoms with Crippen molar-refractivity contribution in [1.29, 1.82) is 0 Å². The van der Waals surface area contributed by atoms with Crippen molar-refractivity contribution in [3.63, 3.8) is 0 Å². The third kappa shape index (κ3) is 6.17. The van der Waals surface area contributed by atoms with Crippen molar-refractivity contribution in [2.45, 2.75) is 45.8 Å². The van der Waals surface area contributed by atoms with Crippen LogP contribution in [0.15, 0.2) is 84.4 Å². The molecule has 2 amide bonds. The number of nitrogens with zero attached hydrogens (tertiary/aromatic N) is 8. The molecule has 4 aromatic rings. The Balaban J connectivity index is 0.877. The number of aromatic nitrogens is 4. The second-order valence-electron chi connectivity index (χ2n) is 13.8. The van der Waals surface area contributed by atoms with Crippen molar-refractivity contribution < 1.29 is 14.3 Å². The standard InChI is InChI=1S/C39H40N8O3/c1-26(2)50-34-9-6-30(23-43-34)36-32-20-31(7-4-29(32)22-44-36)47-19-13-39(38(47)49)12-18-45(25-39)24-35(48)46-16-10-27(11-17-46)28-5-8-33(42-21-28)37-40-14-3-15-41-37/h3-10,14-15,20-21,23,26H,11-13,16-19,22,24-25H2,1-2H3/t39-/m0/s1. The molecule has 1 spiro atoms. The number of carbonyl (C=O) groups is 2. The smallest absolute Gasteiger partial charge is 0.237 e. The van der Waals surface area contributed by atoms with E-state index >= 15 is 0 Å². The Morgan fingerprint density at radius 1 is 0.940 bits per heavy atom. The van der Waals surface area contributed by atoms with Gasteiger partial charge in [-0.2, -0.15) is 0 Å². The third-order valence-corrected chi connectivity index (χ3v) is 10.2. The lowest BCUT2D eigenvalue weighted by Gasteiger charge is -2.29. The van der Waals surface area contributed by atoms with Gasteiger partial charge in [0.2, 0.25) is 17.7 Å². The molecule has 254 valence electrons. The molecule has 3 aromatic heterocycles. The molecule has 0 bridgehead atoms. The third-order valence-electron chi connectivity index (χ3n) is 10.2. The first-order valence-corrected chi connectivity index (χ1v) is 17.4. The summed E-state index contributed by atoms with van der Waals surface area (Å²) in [6.45, 7) is 8.16. The summed E-state index contributed by atoms with van der Waals surface area (Å²) in [6.07, 6.45) is 11.6. The lowest BCUT2D eigenvalue weighted by Crippen LogP contribution is -2.43. The zero-order chi connectivity index (χ0) is 34.2. The van der Waals surface area contributed by atoms with E-state index in [9.17, 15) is 9.59 Å². The maximum absolute atomic E-state index is 14.0. The van der Waals surface area contributed by atoms with Crippen LogP contribution in [0.4, 0.5) is 5.69 Å². The lowest BCUT2D eigenvalue weighted by atomic mass is 9.85. The SMILES string of the molecule is CC(C)Oc1ccc(C2=NCc3ccc(N4CC[C@]5(CCN(CC(=O)N6CC=C(c7ccc(-c8ncccn8)nc7)CC6)C5)C4=O)cc32)cn1. The molecule has 11 nitrogen and oxygen atoms in total. The van der Waals surface area contributed by atoms with Crippen molar-refractivity contribution in [2.75, 3.05) is 44.2 Å². The van der Waals surface area contributed by atoms with Crippen LogP contribution in [-0.2, 0) is 16.1 Å². The van der Waals surface area contributed by atoms with E-state index in [0.717, 1.165) is 65.2 Å². The molecule has 0 aliphatic carbocycles. The highest BCUT2D eigenvalue weighted by atomic mass is 16.5. The van der Waals surface area contributed by atoms with Crippen LogP contribution in [0.25, 0.3) is 17.1 Å². The average Bonchev–Trinajstić information content (AvgIpc) is 3.85. The maximum Gasteiger partial charge on any atom is 0.237 e. The summed E-state index contributed by atoms with van der Waals surface area (Å²) >= 11 is 0. The Bertz CT molecular complexity index is 1980. The van der Waals surface area contributed by atoms with E-state index in [4.69, 9.17) is 9.73 Å². The van der Waals surface area contributed by atoms with Crippen molar-refractivity contribution in [2.24, 2.45) is 10.4 Å². The molecule has 0 radical (unpaired) electrons. The molecule has 1 atom stereocenters. The number of ether oxygens (including phenoxy) is 1. The topological polar surface area (TPSA) is 117 Å². The second kappa shape index (κ2) is 13.2. The first-order chi connectivity index (χ1) is 24.3. The number of hydrogen-bond acceptors (Lipinski definition) is 9. The first kappa shape index (κ1) is 31.9. The first-order valence-electron chi connectivity index (χ1n) is 17.4. The maximum atomic E-state index is 14.0. The number of anilines is 1. The van der Waals surface area contributed by atoms with Crippen molar-refractivity contribution in [3.05, 3.63) is 102 Å². The predicted molar refractivity (Wildman–Crippen MR) is 191 cm³/mol. The van der Waals surface area contributed by atoms with Gasteiger partial charge in [0.1, 0.15) is 5.69 Å². The number of carbonyl (C=O) groups excluding carboxylic acids is 2. The van der Waals surface area contributed by atoms with E-state index in [1.165, 1.54) is 5.57 Å².